The quantitative estimate of drug-likeness (QED) is 0.0262. The van der Waals surface area contributed by atoms with Gasteiger partial charge in [-0.15, -0.1) is 0 Å². The first-order chi connectivity index (χ1) is 31.8. The Hall–Kier alpha value is -2.89. The van der Waals surface area contributed by atoms with Crippen molar-refractivity contribution in [2.24, 2.45) is 0 Å². The van der Waals surface area contributed by atoms with Gasteiger partial charge in [0.1, 0.15) is 24.4 Å². The Morgan fingerprint density at radius 2 is 0.969 bits per heavy atom. The number of hydrogen-bond donors (Lipinski definition) is 6. The molecule has 372 valence electrons. The Morgan fingerprint density at radius 1 is 0.538 bits per heavy atom. The van der Waals surface area contributed by atoms with Crippen LogP contribution in [0.3, 0.4) is 0 Å². The van der Waals surface area contributed by atoms with E-state index in [1.807, 2.05) is 6.08 Å². The van der Waals surface area contributed by atoms with Crippen LogP contribution in [0.2, 0.25) is 0 Å². The van der Waals surface area contributed by atoms with E-state index in [1.54, 1.807) is 6.08 Å². The summed E-state index contributed by atoms with van der Waals surface area (Å²) in [4.78, 5) is 13.0. The molecule has 1 aliphatic heterocycles. The smallest absolute Gasteiger partial charge is 0.220 e. The van der Waals surface area contributed by atoms with Crippen molar-refractivity contribution in [3.05, 3.63) is 97.2 Å². The highest BCUT2D eigenvalue weighted by Crippen LogP contribution is 2.22. The lowest BCUT2D eigenvalue weighted by atomic mass is 9.99. The van der Waals surface area contributed by atoms with Crippen LogP contribution in [0, 0.1) is 0 Å². The van der Waals surface area contributed by atoms with Crippen LogP contribution in [0.5, 0.6) is 0 Å². The van der Waals surface area contributed by atoms with Crippen LogP contribution in [-0.2, 0) is 14.3 Å². The van der Waals surface area contributed by atoms with E-state index in [4.69, 9.17) is 9.47 Å². The molecule has 0 aromatic rings. The molecule has 1 saturated heterocycles. The Morgan fingerprint density at radius 3 is 1.48 bits per heavy atom. The zero-order valence-corrected chi connectivity index (χ0v) is 41.0. The third-order valence-corrected chi connectivity index (χ3v) is 11.6. The Bertz CT molecular complexity index is 1330. The molecule has 7 atom stereocenters. The van der Waals surface area contributed by atoms with Crippen LogP contribution in [-0.4, -0.2) is 87.5 Å². The second kappa shape index (κ2) is 44.9. The molecule has 0 spiro atoms. The van der Waals surface area contributed by atoms with Crippen molar-refractivity contribution in [2.75, 3.05) is 13.2 Å². The summed E-state index contributed by atoms with van der Waals surface area (Å²) in [6.45, 7) is 3.61. The highest BCUT2D eigenvalue weighted by Gasteiger charge is 2.44. The highest BCUT2D eigenvalue weighted by molar-refractivity contribution is 5.76. The van der Waals surface area contributed by atoms with Crippen LogP contribution in [0.25, 0.3) is 0 Å². The van der Waals surface area contributed by atoms with Gasteiger partial charge in [0.15, 0.2) is 6.29 Å². The number of rotatable bonds is 42. The first-order valence-electron chi connectivity index (χ1n) is 26.0. The first kappa shape index (κ1) is 60.1. The molecule has 7 unspecified atom stereocenters. The lowest BCUT2D eigenvalue weighted by Gasteiger charge is -2.40. The average Bonchev–Trinajstić information content (AvgIpc) is 3.31. The van der Waals surface area contributed by atoms with E-state index in [0.717, 1.165) is 77.0 Å². The first-order valence-corrected chi connectivity index (χ1v) is 26.0. The number of amides is 1. The summed E-state index contributed by atoms with van der Waals surface area (Å²) in [5, 5.41) is 54.3. The van der Waals surface area contributed by atoms with Gasteiger partial charge in [-0.05, 0) is 89.9 Å². The molecule has 0 aromatic carbocycles. The van der Waals surface area contributed by atoms with E-state index >= 15 is 0 Å². The van der Waals surface area contributed by atoms with E-state index in [0.29, 0.717) is 12.8 Å². The average molecular weight is 910 g/mol. The molecular weight excluding hydrogens is 815 g/mol. The maximum Gasteiger partial charge on any atom is 0.220 e. The van der Waals surface area contributed by atoms with Crippen molar-refractivity contribution in [1.29, 1.82) is 0 Å². The van der Waals surface area contributed by atoms with Gasteiger partial charge < -0.3 is 40.3 Å². The van der Waals surface area contributed by atoms with Crippen molar-refractivity contribution in [2.45, 2.75) is 236 Å². The van der Waals surface area contributed by atoms with E-state index < -0.39 is 49.5 Å². The molecular formula is C56H95NO8. The summed E-state index contributed by atoms with van der Waals surface area (Å²) in [5.41, 5.74) is 0. The molecule has 1 aliphatic rings. The zero-order chi connectivity index (χ0) is 47.3. The summed E-state index contributed by atoms with van der Waals surface area (Å²) < 4.78 is 11.2. The Labute approximate surface area is 396 Å². The normalized spacial score (nSPS) is 20.8. The molecule has 6 N–H and O–H groups in total. The Balaban J connectivity index is 2.37. The largest absolute Gasteiger partial charge is 0.394 e. The maximum atomic E-state index is 13.0. The number of aliphatic hydroxyl groups excluding tert-OH is 5. The minimum Gasteiger partial charge on any atom is -0.394 e. The van der Waals surface area contributed by atoms with Crippen molar-refractivity contribution in [3.8, 4) is 0 Å². The van der Waals surface area contributed by atoms with E-state index in [-0.39, 0.29) is 18.9 Å². The number of ether oxygens (including phenoxy) is 2. The van der Waals surface area contributed by atoms with Crippen LogP contribution < -0.4 is 5.32 Å². The predicted octanol–water partition coefficient (Wildman–Crippen LogP) is 12.1. The number of hydrogen-bond acceptors (Lipinski definition) is 8. The number of carbonyl (C=O) groups excluding carboxylic acids is 1. The van der Waals surface area contributed by atoms with Gasteiger partial charge in [-0.1, -0.05) is 195 Å². The molecule has 0 aliphatic carbocycles. The number of allylic oxidation sites excluding steroid dienone is 15. The number of nitrogens with one attached hydrogen (secondary N) is 1. The molecule has 1 fully saturated rings. The van der Waals surface area contributed by atoms with E-state index in [1.165, 1.54) is 83.5 Å². The number of aliphatic hydroxyl groups is 5. The van der Waals surface area contributed by atoms with Crippen molar-refractivity contribution in [3.63, 3.8) is 0 Å². The predicted molar refractivity (Wildman–Crippen MR) is 271 cm³/mol. The standard InChI is InChI=1S/C56H95NO8/c1-3-5-7-9-11-13-15-17-19-21-23-24-25-26-28-29-31-33-35-37-39-41-43-45-50(59)49(48-64-56-55(63)54(62)53(61)51(47-58)65-56)57-52(60)46-44-42-40-38-36-34-32-30-27-22-20-18-16-14-12-10-8-6-4-2/h6,8,12,14,18,20,27-30,34-37,43,45,49-51,53-56,58-59,61-63H,3-5,7,9-11,13,15-17,19,21-26,31-33,38-42,44,46-48H2,1-2H3,(H,57,60)/b8-6-,14-12-,20-18-,29-28+,30-27-,36-34-,37-35+,45-43+. The second-order valence-electron chi connectivity index (χ2n) is 17.6. The zero-order valence-electron chi connectivity index (χ0n) is 41.0. The fraction of sp³-hybridized carbons (Fsp3) is 0.696. The van der Waals surface area contributed by atoms with E-state index in [9.17, 15) is 30.3 Å². The maximum absolute atomic E-state index is 13.0. The van der Waals surface area contributed by atoms with Gasteiger partial charge in [0.25, 0.3) is 0 Å². The molecule has 65 heavy (non-hydrogen) atoms. The van der Waals surface area contributed by atoms with Gasteiger partial charge in [0.2, 0.25) is 5.91 Å². The van der Waals surface area contributed by atoms with Gasteiger partial charge in [-0.25, -0.2) is 0 Å². The lowest BCUT2D eigenvalue weighted by Crippen LogP contribution is -2.60. The van der Waals surface area contributed by atoms with Crippen LogP contribution >= 0.6 is 0 Å². The topological polar surface area (TPSA) is 149 Å². The monoisotopic (exact) mass is 910 g/mol. The summed E-state index contributed by atoms with van der Waals surface area (Å²) in [7, 11) is 0. The lowest BCUT2D eigenvalue weighted by molar-refractivity contribution is -0.302. The van der Waals surface area contributed by atoms with E-state index in [2.05, 4.69) is 104 Å². The molecule has 9 nitrogen and oxygen atoms in total. The van der Waals surface area contributed by atoms with Crippen LogP contribution in [0.15, 0.2) is 97.2 Å². The molecule has 0 radical (unpaired) electrons. The number of carbonyl (C=O) groups is 1. The third-order valence-electron chi connectivity index (χ3n) is 11.6. The highest BCUT2D eigenvalue weighted by atomic mass is 16.7. The molecule has 0 saturated carbocycles. The summed E-state index contributed by atoms with van der Waals surface area (Å²) in [6, 6.07) is -0.852. The van der Waals surface area contributed by atoms with Crippen molar-refractivity contribution < 1.29 is 39.8 Å². The van der Waals surface area contributed by atoms with Gasteiger partial charge in [0.05, 0.1) is 25.4 Å². The van der Waals surface area contributed by atoms with Crippen molar-refractivity contribution in [1.82, 2.24) is 5.32 Å². The minimum absolute atomic E-state index is 0.225. The summed E-state index contributed by atoms with van der Waals surface area (Å²) >= 11 is 0. The summed E-state index contributed by atoms with van der Waals surface area (Å²) in [5.74, 6) is -0.226. The number of unbranched alkanes of at least 4 members (excludes halogenated alkanes) is 18. The molecule has 0 bridgehead atoms. The van der Waals surface area contributed by atoms with Crippen LogP contribution in [0.1, 0.15) is 194 Å². The molecule has 1 amide bonds. The third kappa shape index (κ3) is 35.0. The fourth-order valence-electron chi connectivity index (χ4n) is 7.51. The van der Waals surface area contributed by atoms with Crippen molar-refractivity contribution >= 4 is 5.91 Å². The molecule has 9 heteroatoms. The Kier molecular flexibility index (Phi) is 41.6. The van der Waals surface area contributed by atoms with Gasteiger partial charge in [-0.2, -0.15) is 0 Å². The SMILES string of the molecule is CC/C=C\C/C=C\C/C=C\C/C=C\C/C=C\CCCCCC(=O)NC(COC1OC(CO)C(O)C(O)C1O)C(O)/C=C/CC/C=C/CC/C=C/CCCCCCCCCCCCCCC. The molecule has 0 aromatic heterocycles. The summed E-state index contributed by atoms with van der Waals surface area (Å²) in [6.07, 6.45) is 57.5. The van der Waals surface area contributed by atoms with Gasteiger partial charge >= 0.3 is 0 Å². The van der Waals surface area contributed by atoms with Gasteiger partial charge in [-0.3, -0.25) is 4.79 Å². The second-order valence-corrected chi connectivity index (χ2v) is 17.6. The van der Waals surface area contributed by atoms with Crippen LogP contribution in [0.4, 0.5) is 0 Å². The fourth-order valence-corrected chi connectivity index (χ4v) is 7.51. The molecule has 1 rings (SSSR count). The molecule has 1 heterocycles. The van der Waals surface area contributed by atoms with Gasteiger partial charge in [0, 0.05) is 6.42 Å². The minimum atomic E-state index is -1.59.